The summed E-state index contributed by atoms with van der Waals surface area (Å²) in [6, 6.07) is 13.1. The van der Waals surface area contributed by atoms with E-state index in [4.69, 9.17) is 0 Å². The Morgan fingerprint density at radius 2 is 1.97 bits per heavy atom. The number of hydrogen-bond donors (Lipinski definition) is 2. The van der Waals surface area contributed by atoms with Gasteiger partial charge in [0.2, 0.25) is 5.91 Å². The number of benzene rings is 1. The van der Waals surface area contributed by atoms with E-state index in [1.165, 1.54) is 0 Å². The molecule has 148 valence electrons. The summed E-state index contributed by atoms with van der Waals surface area (Å²) in [5.74, 6) is -0.403. The van der Waals surface area contributed by atoms with Crippen LogP contribution in [0.15, 0.2) is 54.9 Å². The van der Waals surface area contributed by atoms with Crippen LogP contribution in [0.2, 0.25) is 0 Å². The number of carbonyl (C=O) groups is 2. The number of aromatic nitrogens is 3. The number of nitrogens with zero attached hydrogens (tertiary/aromatic N) is 3. The second-order valence-electron chi connectivity index (χ2n) is 7.30. The minimum atomic E-state index is -0.227. The molecule has 29 heavy (non-hydrogen) atoms. The quantitative estimate of drug-likeness (QED) is 0.716. The first-order valence-electron chi connectivity index (χ1n) is 9.73. The third-order valence-electron chi connectivity index (χ3n) is 5.27. The van der Waals surface area contributed by atoms with Gasteiger partial charge in [0.25, 0.3) is 5.91 Å². The number of amides is 2. The summed E-state index contributed by atoms with van der Waals surface area (Å²) in [4.78, 5) is 31.4. The van der Waals surface area contributed by atoms with E-state index < -0.39 is 0 Å². The van der Waals surface area contributed by atoms with E-state index in [2.05, 4.69) is 20.5 Å². The molecule has 0 saturated carbocycles. The van der Waals surface area contributed by atoms with Gasteiger partial charge >= 0.3 is 0 Å². The first-order chi connectivity index (χ1) is 14.1. The second-order valence-corrected chi connectivity index (χ2v) is 7.30. The van der Waals surface area contributed by atoms with Crippen molar-refractivity contribution in [1.82, 2.24) is 20.1 Å². The number of nitrogens with one attached hydrogen (secondary N) is 2. The van der Waals surface area contributed by atoms with E-state index in [0.717, 1.165) is 29.7 Å². The third kappa shape index (κ3) is 4.18. The van der Waals surface area contributed by atoms with Crippen LogP contribution in [0.4, 0.5) is 5.69 Å². The largest absolute Gasteiger partial charge is 0.337 e. The molecule has 1 atom stereocenters. The number of piperidine rings is 1. The average molecular weight is 389 g/mol. The molecular formula is C22H23N5O2. The van der Waals surface area contributed by atoms with E-state index in [1.54, 1.807) is 23.4 Å². The van der Waals surface area contributed by atoms with Crippen molar-refractivity contribution < 1.29 is 9.59 Å². The zero-order chi connectivity index (χ0) is 20.2. The maximum Gasteiger partial charge on any atom is 0.271 e. The highest BCUT2D eigenvalue weighted by Crippen LogP contribution is 2.23. The van der Waals surface area contributed by atoms with Crippen molar-refractivity contribution in [3.63, 3.8) is 0 Å². The molecule has 3 heterocycles. The molecule has 2 amide bonds. The van der Waals surface area contributed by atoms with E-state index in [0.29, 0.717) is 24.5 Å². The Balaban J connectivity index is 1.43. The first kappa shape index (κ1) is 18.9. The predicted octanol–water partition coefficient (Wildman–Crippen LogP) is 3.27. The van der Waals surface area contributed by atoms with Crippen molar-refractivity contribution >= 4 is 17.5 Å². The highest BCUT2D eigenvalue weighted by atomic mass is 16.2. The van der Waals surface area contributed by atoms with Gasteiger partial charge in [-0.15, -0.1) is 0 Å². The van der Waals surface area contributed by atoms with Gasteiger partial charge in [0.1, 0.15) is 5.69 Å². The van der Waals surface area contributed by atoms with Gasteiger partial charge in [-0.3, -0.25) is 19.7 Å². The van der Waals surface area contributed by atoms with Crippen LogP contribution in [0.3, 0.4) is 0 Å². The van der Waals surface area contributed by atoms with Crippen molar-refractivity contribution in [3.05, 3.63) is 66.1 Å². The molecule has 4 rings (SSSR count). The normalized spacial score (nSPS) is 16.4. The number of hydrogen-bond acceptors (Lipinski definition) is 4. The lowest BCUT2D eigenvalue weighted by Gasteiger charge is -2.31. The summed E-state index contributed by atoms with van der Waals surface area (Å²) in [6.45, 7) is 3.00. The Morgan fingerprint density at radius 1 is 1.17 bits per heavy atom. The summed E-state index contributed by atoms with van der Waals surface area (Å²) in [5, 5.41) is 10.1. The lowest BCUT2D eigenvalue weighted by atomic mass is 9.96. The molecule has 1 aromatic carbocycles. The second kappa shape index (κ2) is 8.26. The molecule has 3 aromatic rings. The fourth-order valence-electron chi connectivity index (χ4n) is 3.60. The Morgan fingerprint density at radius 3 is 2.76 bits per heavy atom. The fourth-order valence-corrected chi connectivity index (χ4v) is 3.60. The molecule has 0 bridgehead atoms. The predicted molar refractivity (Wildman–Crippen MR) is 110 cm³/mol. The summed E-state index contributed by atoms with van der Waals surface area (Å²) in [6.07, 6.45) is 4.94. The lowest BCUT2D eigenvalue weighted by Crippen LogP contribution is -2.44. The van der Waals surface area contributed by atoms with Crippen molar-refractivity contribution in [3.8, 4) is 11.3 Å². The van der Waals surface area contributed by atoms with Crippen LogP contribution in [0, 0.1) is 12.8 Å². The van der Waals surface area contributed by atoms with Crippen molar-refractivity contribution in [1.29, 1.82) is 0 Å². The van der Waals surface area contributed by atoms with Gasteiger partial charge in [0.05, 0.1) is 11.6 Å². The molecular weight excluding hydrogens is 366 g/mol. The number of rotatable bonds is 4. The molecule has 0 radical (unpaired) electrons. The average Bonchev–Trinajstić information content (AvgIpc) is 3.26. The first-order valence-corrected chi connectivity index (χ1v) is 9.73. The summed E-state index contributed by atoms with van der Waals surface area (Å²) < 4.78 is 0. The van der Waals surface area contributed by atoms with Crippen LogP contribution in [0.25, 0.3) is 11.3 Å². The maximum absolute atomic E-state index is 12.9. The van der Waals surface area contributed by atoms with Gasteiger partial charge in [0, 0.05) is 36.7 Å². The van der Waals surface area contributed by atoms with E-state index in [-0.39, 0.29) is 17.7 Å². The van der Waals surface area contributed by atoms with Crippen LogP contribution in [-0.4, -0.2) is 45.0 Å². The highest BCUT2D eigenvalue weighted by Gasteiger charge is 2.30. The van der Waals surface area contributed by atoms with Crippen molar-refractivity contribution in [2.45, 2.75) is 19.8 Å². The minimum absolute atomic E-state index is 0.0427. The maximum atomic E-state index is 12.9. The number of carbonyl (C=O) groups excluding carboxylic acids is 2. The smallest absolute Gasteiger partial charge is 0.271 e. The summed E-state index contributed by atoms with van der Waals surface area (Å²) >= 11 is 0. The zero-order valence-corrected chi connectivity index (χ0v) is 16.3. The topological polar surface area (TPSA) is 91.0 Å². The Hall–Kier alpha value is -3.48. The number of aryl methyl sites for hydroxylation is 1. The molecule has 1 aliphatic heterocycles. The van der Waals surface area contributed by atoms with E-state index in [1.807, 2.05) is 43.3 Å². The molecule has 1 saturated heterocycles. The molecule has 0 aliphatic carbocycles. The Bertz CT molecular complexity index is 1010. The van der Waals surface area contributed by atoms with Gasteiger partial charge in [-0.2, -0.15) is 5.10 Å². The number of H-pyrrole nitrogens is 1. The molecule has 1 fully saturated rings. The molecule has 7 heteroatoms. The van der Waals surface area contributed by atoms with Gasteiger partial charge < -0.3 is 10.2 Å². The molecule has 7 nitrogen and oxygen atoms in total. The number of para-hydroxylation sites is 1. The highest BCUT2D eigenvalue weighted by molar-refractivity contribution is 5.96. The Labute approximate surface area is 169 Å². The van der Waals surface area contributed by atoms with Crippen LogP contribution in [-0.2, 0) is 4.79 Å². The number of pyridine rings is 1. The molecule has 2 N–H and O–H groups in total. The van der Waals surface area contributed by atoms with Crippen molar-refractivity contribution in [2.75, 3.05) is 18.4 Å². The molecule has 1 aliphatic rings. The molecule has 0 unspecified atom stereocenters. The minimum Gasteiger partial charge on any atom is -0.337 e. The SMILES string of the molecule is Cc1ccccc1NC(=O)[C@H]1CCCN(C(=O)c2cc(-c3ccncc3)n[nH]2)C1. The summed E-state index contributed by atoms with van der Waals surface area (Å²) in [7, 11) is 0. The lowest BCUT2D eigenvalue weighted by molar-refractivity contribution is -0.121. The number of likely N-dealkylation sites (tertiary alicyclic amines) is 1. The van der Waals surface area contributed by atoms with Gasteiger partial charge in [-0.05, 0) is 49.6 Å². The number of aromatic amines is 1. The monoisotopic (exact) mass is 389 g/mol. The van der Waals surface area contributed by atoms with Crippen LogP contribution in [0.5, 0.6) is 0 Å². The standard InChI is InChI=1S/C22H23N5O2/c1-15-5-2-3-7-18(15)24-21(28)17-6-4-12-27(14-17)22(29)20-13-19(25-26-20)16-8-10-23-11-9-16/h2-3,5,7-11,13,17H,4,6,12,14H2,1H3,(H,24,28)(H,25,26)/t17-/m0/s1. The Kier molecular flexibility index (Phi) is 5.37. The van der Waals surface area contributed by atoms with Crippen LogP contribution < -0.4 is 5.32 Å². The van der Waals surface area contributed by atoms with Gasteiger partial charge in [0.15, 0.2) is 0 Å². The number of anilines is 1. The fraction of sp³-hybridized carbons (Fsp3) is 0.273. The van der Waals surface area contributed by atoms with Gasteiger partial charge in [-0.25, -0.2) is 0 Å². The third-order valence-corrected chi connectivity index (χ3v) is 5.27. The van der Waals surface area contributed by atoms with Crippen LogP contribution >= 0.6 is 0 Å². The zero-order valence-electron chi connectivity index (χ0n) is 16.3. The molecule has 2 aromatic heterocycles. The molecule has 0 spiro atoms. The summed E-state index contributed by atoms with van der Waals surface area (Å²) in [5.41, 5.74) is 3.85. The van der Waals surface area contributed by atoms with E-state index >= 15 is 0 Å². The van der Waals surface area contributed by atoms with Crippen molar-refractivity contribution in [2.24, 2.45) is 5.92 Å². The van der Waals surface area contributed by atoms with E-state index in [9.17, 15) is 9.59 Å². The van der Waals surface area contributed by atoms with Crippen LogP contribution in [0.1, 0.15) is 28.9 Å². The van der Waals surface area contributed by atoms with Gasteiger partial charge in [-0.1, -0.05) is 18.2 Å².